The van der Waals surface area contributed by atoms with Crippen molar-refractivity contribution in [2.24, 2.45) is 5.92 Å². The monoisotopic (exact) mass is 377 g/mol. The minimum Gasteiger partial charge on any atom is -0.481 e. The van der Waals surface area contributed by atoms with E-state index in [1.54, 1.807) is 17.0 Å². The second kappa shape index (κ2) is 7.78. The van der Waals surface area contributed by atoms with Crippen molar-refractivity contribution in [1.82, 2.24) is 15.2 Å². The van der Waals surface area contributed by atoms with Crippen LogP contribution in [-0.2, 0) is 11.3 Å². The zero-order valence-electron chi connectivity index (χ0n) is 14.4. The molecular weight excluding hydrogens is 358 g/mol. The minimum absolute atomic E-state index is 0.173. The van der Waals surface area contributed by atoms with E-state index < -0.39 is 5.97 Å². The number of hydrogen-bond acceptors (Lipinski definition) is 4. The zero-order chi connectivity index (χ0) is 18.7. The van der Waals surface area contributed by atoms with Gasteiger partial charge in [-0.1, -0.05) is 11.6 Å². The lowest BCUT2D eigenvalue weighted by Gasteiger charge is -2.29. The van der Waals surface area contributed by atoms with Gasteiger partial charge in [-0.3, -0.25) is 4.79 Å². The van der Waals surface area contributed by atoms with E-state index in [0.717, 1.165) is 11.3 Å². The normalized spacial score (nSPS) is 15.1. The molecule has 3 rings (SSSR count). The van der Waals surface area contributed by atoms with Gasteiger partial charge in [0.15, 0.2) is 5.76 Å². The summed E-state index contributed by atoms with van der Waals surface area (Å²) in [6, 6.07) is 7.02. The number of aryl methyl sites for hydroxylation is 1. The van der Waals surface area contributed by atoms with E-state index in [4.69, 9.17) is 21.1 Å². The Morgan fingerprint density at radius 3 is 2.58 bits per heavy atom. The number of carbonyl (C=O) groups is 2. The summed E-state index contributed by atoms with van der Waals surface area (Å²) in [5, 5.41) is 12.4. The summed E-state index contributed by atoms with van der Waals surface area (Å²) in [4.78, 5) is 29.2. The Kier molecular flexibility index (Phi) is 5.46. The molecule has 1 aromatic heterocycles. The summed E-state index contributed by atoms with van der Waals surface area (Å²) < 4.78 is 5.76. The third-order valence-corrected chi connectivity index (χ3v) is 4.72. The van der Waals surface area contributed by atoms with Crippen molar-refractivity contribution in [3.8, 4) is 11.3 Å². The molecule has 0 spiro atoms. The number of aliphatic carboxylic acids is 1. The number of nitrogens with zero attached hydrogens (tertiary/aromatic N) is 2. The molecule has 1 aliphatic heterocycles. The van der Waals surface area contributed by atoms with Crippen LogP contribution in [0, 0.1) is 12.8 Å². The lowest BCUT2D eigenvalue weighted by molar-refractivity contribution is -0.143. The van der Waals surface area contributed by atoms with E-state index in [1.807, 2.05) is 19.1 Å². The fraction of sp³-hybridized carbons (Fsp3) is 0.389. The molecule has 0 bridgehead atoms. The molecule has 2 aromatic rings. The van der Waals surface area contributed by atoms with Crippen molar-refractivity contribution in [1.29, 1.82) is 0 Å². The van der Waals surface area contributed by atoms with Crippen LogP contribution in [-0.4, -0.2) is 40.1 Å². The third kappa shape index (κ3) is 4.16. The fourth-order valence-corrected chi connectivity index (χ4v) is 3.12. The molecule has 1 saturated heterocycles. The number of amides is 2. The van der Waals surface area contributed by atoms with Gasteiger partial charge in [-0.25, -0.2) is 9.78 Å². The first kappa shape index (κ1) is 18.3. The number of carbonyl (C=O) groups excluding carboxylic acids is 1. The molecule has 1 fully saturated rings. The molecule has 0 aliphatic carbocycles. The highest BCUT2D eigenvalue weighted by molar-refractivity contribution is 6.30. The first-order chi connectivity index (χ1) is 12.4. The van der Waals surface area contributed by atoms with Gasteiger partial charge in [0, 0.05) is 23.7 Å². The molecule has 138 valence electrons. The summed E-state index contributed by atoms with van der Waals surface area (Å²) in [5.74, 6) is -0.0974. The van der Waals surface area contributed by atoms with Crippen LogP contribution in [0.5, 0.6) is 0 Å². The molecule has 26 heavy (non-hydrogen) atoms. The predicted molar refractivity (Wildman–Crippen MR) is 95.9 cm³/mol. The topological polar surface area (TPSA) is 95.7 Å². The van der Waals surface area contributed by atoms with Crippen LogP contribution in [0.4, 0.5) is 4.79 Å². The van der Waals surface area contributed by atoms with Crippen LogP contribution < -0.4 is 5.32 Å². The summed E-state index contributed by atoms with van der Waals surface area (Å²) in [6.07, 6.45) is 0.948. The van der Waals surface area contributed by atoms with E-state index in [2.05, 4.69) is 10.3 Å². The molecule has 2 N–H and O–H groups in total. The Labute approximate surface area is 156 Å². The number of carboxylic acid groups (broad SMARTS) is 1. The number of piperidine rings is 1. The van der Waals surface area contributed by atoms with Crippen molar-refractivity contribution in [3.05, 3.63) is 40.9 Å². The smallest absolute Gasteiger partial charge is 0.317 e. The summed E-state index contributed by atoms with van der Waals surface area (Å²) in [5.41, 5.74) is 1.60. The van der Waals surface area contributed by atoms with Crippen molar-refractivity contribution in [2.45, 2.75) is 26.3 Å². The quantitative estimate of drug-likeness (QED) is 0.852. The molecule has 2 amide bonds. The number of hydrogen-bond donors (Lipinski definition) is 2. The number of benzene rings is 1. The van der Waals surface area contributed by atoms with Gasteiger partial charge in [0.05, 0.1) is 18.2 Å². The third-order valence-electron chi connectivity index (χ3n) is 4.47. The summed E-state index contributed by atoms with van der Waals surface area (Å²) >= 11 is 5.90. The SMILES string of the molecule is Cc1nc(CNC(=O)N2CCC(C(=O)O)CC2)oc1-c1ccc(Cl)cc1. The average Bonchev–Trinajstić information content (AvgIpc) is 3.01. The highest BCUT2D eigenvalue weighted by atomic mass is 35.5. The van der Waals surface area contributed by atoms with E-state index >= 15 is 0 Å². The molecule has 0 saturated carbocycles. The van der Waals surface area contributed by atoms with Gasteiger partial charge < -0.3 is 19.7 Å². The van der Waals surface area contributed by atoms with Crippen LogP contribution in [0.3, 0.4) is 0 Å². The van der Waals surface area contributed by atoms with E-state index in [9.17, 15) is 9.59 Å². The lowest BCUT2D eigenvalue weighted by Crippen LogP contribution is -2.45. The van der Waals surface area contributed by atoms with Crippen LogP contribution in [0.25, 0.3) is 11.3 Å². The van der Waals surface area contributed by atoms with E-state index in [1.165, 1.54) is 0 Å². The molecule has 0 atom stereocenters. The van der Waals surface area contributed by atoms with Gasteiger partial charge in [0.2, 0.25) is 5.89 Å². The molecule has 0 radical (unpaired) electrons. The number of halogens is 1. The van der Waals surface area contributed by atoms with Gasteiger partial charge in [-0.2, -0.15) is 0 Å². The second-order valence-electron chi connectivity index (χ2n) is 6.29. The van der Waals surface area contributed by atoms with E-state index in [0.29, 0.717) is 42.6 Å². The summed E-state index contributed by atoms with van der Waals surface area (Å²) in [7, 11) is 0. The average molecular weight is 378 g/mol. The Morgan fingerprint density at radius 2 is 1.96 bits per heavy atom. The number of oxazole rings is 1. The van der Waals surface area contributed by atoms with Crippen LogP contribution in [0.2, 0.25) is 5.02 Å². The van der Waals surface area contributed by atoms with Crippen molar-refractivity contribution >= 4 is 23.6 Å². The van der Waals surface area contributed by atoms with Gasteiger partial charge >= 0.3 is 12.0 Å². The highest BCUT2D eigenvalue weighted by Crippen LogP contribution is 2.26. The van der Waals surface area contributed by atoms with E-state index in [-0.39, 0.29) is 18.5 Å². The zero-order valence-corrected chi connectivity index (χ0v) is 15.1. The maximum absolute atomic E-state index is 12.2. The first-order valence-corrected chi connectivity index (χ1v) is 8.79. The Balaban J connectivity index is 1.57. The minimum atomic E-state index is -0.796. The molecular formula is C18H20ClN3O4. The van der Waals surface area contributed by atoms with Gasteiger partial charge in [-0.05, 0) is 44.0 Å². The Bertz CT molecular complexity index is 795. The molecule has 1 aromatic carbocycles. The Hall–Kier alpha value is -2.54. The first-order valence-electron chi connectivity index (χ1n) is 8.42. The molecule has 2 heterocycles. The highest BCUT2D eigenvalue weighted by Gasteiger charge is 2.27. The fourth-order valence-electron chi connectivity index (χ4n) is 2.99. The summed E-state index contributed by atoms with van der Waals surface area (Å²) in [6.45, 7) is 2.88. The largest absolute Gasteiger partial charge is 0.481 e. The number of urea groups is 1. The van der Waals surface area contributed by atoms with Crippen molar-refractivity contribution in [2.75, 3.05) is 13.1 Å². The maximum atomic E-state index is 12.2. The second-order valence-corrected chi connectivity index (χ2v) is 6.72. The molecule has 0 unspecified atom stereocenters. The molecule has 7 nitrogen and oxygen atoms in total. The van der Waals surface area contributed by atoms with Gasteiger partial charge in [0.25, 0.3) is 0 Å². The van der Waals surface area contributed by atoms with Gasteiger partial charge in [-0.15, -0.1) is 0 Å². The predicted octanol–water partition coefficient (Wildman–Crippen LogP) is 3.31. The molecule has 1 aliphatic rings. The standard InChI is InChI=1S/C18H20ClN3O4/c1-11-16(12-2-4-14(19)5-3-12)26-15(21-11)10-20-18(25)22-8-6-13(7-9-22)17(23)24/h2-5,13H,6-10H2,1H3,(H,20,25)(H,23,24). The van der Waals surface area contributed by atoms with Gasteiger partial charge in [0.1, 0.15) is 0 Å². The lowest BCUT2D eigenvalue weighted by atomic mass is 9.97. The van der Waals surface area contributed by atoms with Crippen LogP contribution >= 0.6 is 11.6 Å². The van der Waals surface area contributed by atoms with Crippen LogP contribution in [0.1, 0.15) is 24.4 Å². The molecule has 8 heteroatoms. The number of nitrogens with one attached hydrogen (secondary N) is 1. The number of aromatic nitrogens is 1. The maximum Gasteiger partial charge on any atom is 0.317 e. The van der Waals surface area contributed by atoms with Crippen LogP contribution in [0.15, 0.2) is 28.7 Å². The van der Waals surface area contributed by atoms with Crippen molar-refractivity contribution < 1.29 is 19.1 Å². The van der Waals surface area contributed by atoms with Crippen molar-refractivity contribution in [3.63, 3.8) is 0 Å². The number of carboxylic acids is 1. The Morgan fingerprint density at radius 1 is 1.31 bits per heavy atom. The number of likely N-dealkylation sites (tertiary alicyclic amines) is 1. The number of rotatable bonds is 4.